The number of hydrogen-bond donors (Lipinski definition) is 1. The molecular weight excluding hydrogens is 210 g/mol. The minimum Gasteiger partial charge on any atom is -0.330 e. The van der Waals surface area contributed by atoms with Crippen molar-refractivity contribution in [2.45, 2.75) is 27.2 Å². The maximum Gasteiger partial charge on any atom is 0.0707 e. The van der Waals surface area contributed by atoms with Crippen LogP contribution in [0.2, 0.25) is 0 Å². The van der Waals surface area contributed by atoms with Gasteiger partial charge in [0.25, 0.3) is 0 Å². The summed E-state index contributed by atoms with van der Waals surface area (Å²) in [6.07, 6.45) is 2.81. The highest BCUT2D eigenvalue weighted by Crippen LogP contribution is 2.21. The number of aromatic nitrogens is 2. The summed E-state index contributed by atoms with van der Waals surface area (Å²) in [6.45, 7) is 7.00. The summed E-state index contributed by atoms with van der Waals surface area (Å²) in [4.78, 5) is 0. The van der Waals surface area contributed by atoms with Crippen LogP contribution in [0.3, 0.4) is 0 Å². The molecule has 3 nitrogen and oxygen atoms in total. The van der Waals surface area contributed by atoms with Crippen LogP contribution in [-0.4, -0.2) is 16.3 Å². The molecule has 0 spiro atoms. The normalized spacial score (nSPS) is 10.8. The summed E-state index contributed by atoms with van der Waals surface area (Å²) in [6, 6.07) is 6.31. The van der Waals surface area contributed by atoms with Crippen LogP contribution < -0.4 is 5.73 Å². The molecule has 0 unspecified atom stereocenters. The van der Waals surface area contributed by atoms with Crippen molar-refractivity contribution in [3.05, 3.63) is 46.8 Å². The van der Waals surface area contributed by atoms with Crippen LogP contribution in [0.15, 0.2) is 24.4 Å². The van der Waals surface area contributed by atoms with E-state index in [0.717, 1.165) is 6.42 Å². The van der Waals surface area contributed by atoms with Crippen LogP contribution in [-0.2, 0) is 6.42 Å². The van der Waals surface area contributed by atoms with E-state index in [0.29, 0.717) is 6.54 Å². The smallest absolute Gasteiger partial charge is 0.0707 e. The minimum absolute atomic E-state index is 0.666. The highest BCUT2D eigenvalue weighted by atomic mass is 15.3. The van der Waals surface area contributed by atoms with Crippen molar-refractivity contribution in [1.29, 1.82) is 0 Å². The van der Waals surface area contributed by atoms with E-state index in [4.69, 9.17) is 5.73 Å². The van der Waals surface area contributed by atoms with Gasteiger partial charge in [-0.2, -0.15) is 5.10 Å². The van der Waals surface area contributed by atoms with Gasteiger partial charge in [0.15, 0.2) is 0 Å². The van der Waals surface area contributed by atoms with Crippen molar-refractivity contribution in [3.8, 4) is 5.69 Å². The lowest BCUT2D eigenvalue weighted by atomic mass is 10.1. The lowest BCUT2D eigenvalue weighted by Crippen LogP contribution is -2.06. The van der Waals surface area contributed by atoms with Crippen molar-refractivity contribution >= 4 is 0 Å². The molecule has 0 saturated heterocycles. The van der Waals surface area contributed by atoms with Crippen LogP contribution >= 0.6 is 0 Å². The first-order valence-corrected chi connectivity index (χ1v) is 5.95. The van der Waals surface area contributed by atoms with Crippen LogP contribution in [0, 0.1) is 20.8 Å². The predicted molar refractivity (Wildman–Crippen MR) is 70.5 cm³/mol. The summed E-state index contributed by atoms with van der Waals surface area (Å²) in [7, 11) is 0. The van der Waals surface area contributed by atoms with Crippen molar-refractivity contribution < 1.29 is 0 Å². The third-order valence-corrected chi connectivity index (χ3v) is 3.18. The minimum atomic E-state index is 0.666. The Labute approximate surface area is 102 Å². The Hall–Kier alpha value is -1.61. The van der Waals surface area contributed by atoms with Gasteiger partial charge in [0.2, 0.25) is 0 Å². The van der Waals surface area contributed by atoms with Crippen molar-refractivity contribution in [1.82, 2.24) is 9.78 Å². The molecule has 0 fully saturated rings. The monoisotopic (exact) mass is 229 g/mol. The zero-order valence-electron chi connectivity index (χ0n) is 10.7. The fourth-order valence-electron chi connectivity index (χ4n) is 2.21. The highest BCUT2D eigenvalue weighted by molar-refractivity contribution is 5.47. The Morgan fingerprint density at radius 3 is 2.41 bits per heavy atom. The topological polar surface area (TPSA) is 43.8 Å². The summed E-state index contributed by atoms with van der Waals surface area (Å²) in [5.41, 5.74) is 11.7. The Bertz CT molecular complexity index is 506. The Balaban J connectivity index is 2.54. The van der Waals surface area contributed by atoms with Crippen molar-refractivity contribution in [3.63, 3.8) is 0 Å². The molecule has 0 aliphatic heterocycles. The average Bonchev–Trinajstić information content (AvgIpc) is 2.62. The third kappa shape index (κ3) is 2.11. The molecule has 2 aromatic rings. The van der Waals surface area contributed by atoms with E-state index in [2.05, 4.69) is 44.1 Å². The fraction of sp³-hybridized carbons (Fsp3) is 0.357. The number of para-hydroxylation sites is 1. The van der Waals surface area contributed by atoms with Crippen LogP contribution in [0.25, 0.3) is 5.69 Å². The molecule has 1 aromatic heterocycles. The quantitative estimate of drug-likeness (QED) is 0.877. The van der Waals surface area contributed by atoms with E-state index in [1.807, 2.05) is 10.9 Å². The first-order chi connectivity index (χ1) is 8.15. The van der Waals surface area contributed by atoms with Gasteiger partial charge < -0.3 is 5.73 Å². The lowest BCUT2D eigenvalue weighted by molar-refractivity contribution is 0.828. The predicted octanol–water partition coefficient (Wildman–Crippen LogP) is 2.30. The van der Waals surface area contributed by atoms with E-state index < -0.39 is 0 Å². The Morgan fingerprint density at radius 1 is 1.18 bits per heavy atom. The molecule has 1 heterocycles. The van der Waals surface area contributed by atoms with Gasteiger partial charge in [-0.1, -0.05) is 18.2 Å². The SMILES string of the molecule is Cc1cccc(C)c1-n1ncc(CCN)c1C. The Morgan fingerprint density at radius 2 is 1.82 bits per heavy atom. The number of rotatable bonds is 3. The molecule has 2 N–H and O–H groups in total. The zero-order chi connectivity index (χ0) is 12.4. The number of nitrogens with two attached hydrogens (primary N) is 1. The van der Waals surface area contributed by atoms with Gasteiger partial charge in [0, 0.05) is 5.69 Å². The molecule has 0 radical (unpaired) electrons. The van der Waals surface area contributed by atoms with E-state index >= 15 is 0 Å². The molecule has 90 valence electrons. The molecule has 0 aliphatic carbocycles. The molecule has 1 aromatic carbocycles. The highest BCUT2D eigenvalue weighted by Gasteiger charge is 2.11. The first kappa shape index (κ1) is 11.9. The van der Waals surface area contributed by atoms with Gasteiger partial charge in [-0.3, -0.25) is 0 Å². The van der Waals surface area contributed by atoms with Gasteiger partial charge in [0.05, 0.1) is 11.9 Å². The van der Waals surface area contributed by atoms with Crippen molar-refractivity contribution in [2.24, 2.45) is 5.73 Å². The van der Waals surface area contributed by atoms with Crippen molar-refractivity contribution in [2.75, 3.05) is 6.54 Å². The van der Waals surface area contributed by atoms with Gasteiger partial charge in [0.1, 0.15) is 0 Å². The van der Waals surface area contributed by atoms with E-state index in [1.54, 1.807) is 0 Å². The molecule has 0 aliphatic rings. The maximum absolute atomic E-state index is 5.60. The molecule has 0 saturated carbocycles. The molecule has 17 heavy (non-hydrogen) atoms. The van der Waals surface area contributed by atoms with Gasteiger partial charge >= 0.3 is 0 Å². The van der Waals surface area contributed by atoms with Gasteiger partial charge in [-0.15, -0.1) is 0 Å². The number of aryl methyl sites for hydroxylation is 2. The standard InChI is InChI=1S/C14H19N3/c1-10-5-4-6-11(2)14(10)17-12(3)13(7-8-15)9-16-17/h4-6,9H,7-8,15H2,1-3H3. The van der Waals surface area contributed by atoms with E-state index in [1.165, 1.54) is 28.1 Å². The zero-order valence-corrected chi connectivity index (χ0v) is 10.7. The van der Waals surface area contributed by atoms with E-state index in [9.17, 15) is 0 Å². The fourth-order valence-corrected chi connectivity index (χ4v) is 2.21. The number of hydrogen-bond acceptors (Lipinski definition) is 2. The lowest BCUT2D eigenvalue weighted by Gasteiger charge is -2.11. The molecule has 3 heteroatoms. The van der Waals surface area contributed by atoms with Gasteiger partial charge in [-0.25, -0.2) is 4.68 Å². The molecule has 2 rings (SSSR count). The second kappa shape index (κ2) is 4.72. The average molecular weight is 229 g/mol. The van der Waals surface area contributed by atoms with Crippen LogP contribution in [0.5, 0.6) is 0 Å². The third-order valence-electron chi connectivity index (χ3n) is 3.18. The summed E-state index contributed by atoms with van der Waals surface area (Å²) >= 11 is 0. The summed E-state index contributed by atoms with van der Waals surface area (Å²) in [5.74, 6) is 0. The number of benzene rings is 1. The molecule has 0 amide bonds. The largest absolute Gasteiger partial charge is 0.330 e. The summed E-state index contributed by atoms with van der Waals surface area (Å²) in [5, 5.41) is 4.49. The van der Waals surface area contributed by atoms with Crippen LogP contribution in [0.1, 0.15) is 22.4 Å². The van der Waals surface area contributed by atoms with Crippen LogP contribution in [0.4, 0.5) is 0 Å². The maximum atomic E-state index is 5.60. The first-order valence-electron chi connectivity index (χ1n) is 5.95. The molecule has 0 bridgehead atoms. The number of nitrogens with zero attached hydrogens (tertiary/aromatic N) is 2. The summed E-state index contributed by atoms with van der Waals surface area (Å²) < 4.78 is 2.02. The molecule has 0 atom stereocenters. The molecular formula is C14H19N3. The second-order valence-corrected chi connectivity index (χ2v) is 4.45. The van der Waals surface area contributed by atoms with Gasteiger partial charge in [-0.05, 0) is 50.4 Å². The second-order valence-electron chi connectivity index (χ2n) is 4.45. The Kier molecular flexibility index (Phi) is 3.29. The van der Waals surface area contributed by atoms with E-state index in [-0.39, 0.29) is 0 Å².